The molecule has 15 heavy (non-hydrogen) atoms. The van der Waals surface area contributed by atoms with Gasteiger partial charge in [-0.05, 0) is 18.6 Å². The smallest absolute Gasteiger partial charge is 0.183 e. The van der Waals surface area contributed by atoms with E-state index in [0.717, 1.165) is 0 Å². The van der Waals surface area contributed by atoms with Crippen LogP contribution in [0.25, 0.3) is 0 Å². The molecule has 0 radical (unpaired) electrons. The fraction of sp³-hybridized carbons (Fsp3) is 0.300. The molecule has 0 amide bonds. The second-order valence-electron chi connectivity index (χ2n) is 3.02. The number of hydrogen-bond donors (Lipinski definition) is 1. The van der Waals surface area contributed by atoms with Crippen molar-refractivity contribution >= 4 is 17.4 Å². The molecule has 1 aromatic rings. The van der Waals surface area contributed by atoms with Gasteiger partial charge in [-0.3, -0.25) is 4.79 Å². The minimum atomic E-state index is -0.783. The third kappa shape index (κ3) is 2.11. The summed E-state index contributed by atoms with van der Waals surface area (Å²) < 4.78 is 18.5. The number of carbonyl (C=O) groups excluding carboxylic acids is 1. The lowest BCUT2D eigenvalue weighted by Crippen LogP contribution is -2.17. The van der Waals surface area contributed by atoms with Gasteiger partial charge in [-0.25, -0.2) is 4.39 Å². The van der Waals surface area contributed by atoms with E-state index in [1.807, 2.05) is 0 Å². The summed E-state index contributed by atoms with van der Waals surface area (Å²) in [7, 11) is 1.36. The maximum atomic E-state index is 13.6. The first-order valence-electron chi connectivity index (χ1n) is 4.28. The van der Waals surface area contributed by atoms with Crippen molar-refractivity contribution in [2.45, 2.75) is 6.92 Å². The van der Waals surface area contributed by atoms with Gasteiger partial charge in [0.1, 0.15) is 5.75 Å². The van der Waals surface area contributed by atoms with Crippen molar-refractivity contribution in [3.63, 3.8) is 0 Å². The first-order valence-corrected chi connectivity index (χ1v) is 4.66. The van der Waals surface area contributed by atoms with Crippen LogP contribution < -0.4 is 10.5 Å². The van der Waals surface area contributed by atoms with Crippen LogP contribution in [0.3, 0.4) is 0 Å². The van der Waals surface area contributed by atoms with Gasteiger partial charge in [-0.15, -0.1) is 0 Å². The average Bonchev–Trinajstić information content (AvgIpc) is 2.21. The number of hydrogen-bond acceptors (Lipinski definition) is 3. The van der Waals surface area contributed by atoms with Gasteiger partial charge in [0.25, 0.3) is 0 Å². The number of Topliss-reactive ketones (excluding diaryl/α,β-unsaturated/α-hetero) is 1. The Kier molecular flexibility index (Phi) is 3.66. The number of aryl methyl sites for hydroxylation is 1. The minimum absolute atomic E-state index is 0.106. The van der Waals surface area contributed by atoms with Crippen LogP contribution in [0.4, 0.5) is 4.39 Å². The van der Waals surface area contributed by atoms with Crippen molar-refractivity contribution < 1.29 is 13.9 Å². The molecular formula is C10H11ClFNO2. The molecule has 0 saturated carbocycles. The first-order chi connectivity index (χ1) is 7.02. The van der Waals surface area contributed by atoms with Crippen molar-refractivity contribution in [1.29, 1.82) is 0 Å². The van der Waals surface area contributed by atoms with Crippen molar-refractivity contribution in [3.05, 3.63) is 28.0 Å². The van der Waals surface area contributed by atoms with Crippen molar-refractivity contribution in [3.8, 4) is 5.75 Å². The molecule has 0 aliphatic rings. The highest BCUT2D eigenvalue weighted by atomic mass is 35.5. The van der Waals surface area contributed by atoms with E-state index in [1.165, 1.54) is 13.2 Å². The number of ether oxygens (including phenoxy) is 1. The Labute approximate surface area is 92.0 Å². The molecule has 1 rings (SSSR count). The molecule has 0 fully saturated rings. The van der Waals surface area contributed by atoms with Crippen LogP contribution in [-0.2, 0) is 0 Å². The Morgan fingerprint density at radius 3 is 2.73 bits per heavy atom. The molecule has 0 saturated heterocycles. The molecule has 5 heteroatoms. The van der Waals surface area contributed by atoms with Gasteiger partial charge < -0.3 is 10.5 Å². The SMILES string of the molecule is COc1c(C)cc(Cl)c(F)c1C(=O)CN. The fourth-order valence-corrected chi connectivity index (χ4v) is 1.61. The molecule has 82 valence electrons. The van der Waals surface area contributed by atoms with Gasteiger partial charge in [-0.2, -0.15) is 0 Å². The molecule has 0 spiro atoms. The average molecular weight is 232 g/mol. The molecular weight excluding hydrogens is 221 g/mol. The zero-order valence-corrected chi connectivity index (χ0v) is 9.19. The molecule has 0 aromatic heterocycles. The Morgan fingerprint density at radius 1 is 1.67 bits per heavy atom. The van der Waals surface area contributed by atoms with Crippen LogP contribution in [0.15, 0.2) is 6.07 Å². The zero-order valence-electron chi connectivity index (χ0n) is 8.43. The van der Waals surface area contributed by atoms with E-state index in [-0.39, 0.29) is 22.9 Å². The predicted molar refractivity (Wildman–Crippen MR) is 56.1 cm³/mol. The lowest BCUT2D eigenvalue weighted by molar-refractivity contribution is 0.0994. The van der Waals surface area contributed by atoms with Gasteiger partial charge in [-0.1, -0.05) is 11.6 Å². The number of rotatable bonds is 3. The Morgan fingerprint density at radius 2 is 2.27 bits per heavy atom. The summed E-state index contributed by atoms with van der Waals surface area (Å²) in [5.74, 6) is -1.13. The van der Waals surface area contributed by atoms with Crippen LogP contribution in [0.2, 0.25) is 5.02 Å². The molecule has 0 atom stereocenters. The number of benzene rings is 1. The molecule has 2 N–H and O–H groups in total. The van der Waals surface area contributed by atoms with Crippen LogP contribution >= 0.6 is 11.6 Å². The number of carbonyl (C=O) groups is 1. The quantitative estimate of drug-likeness (QED) is 0.809. The first kappa shape index (κ1) is 11.9. The molecule has 0 aliphatic heterocycles. The number of nitrogens with two attached hydrogens (primary N) is 1. The topological polar surface area (TPSA) is 52.3 Å². The second-order valence-corrected chi connectivity index (χ2v) is 3.43. The van der Waals surface area contributed by atoms with Crippen molar-refractivity contribution in [2.24, 2.45) is 5.73 Å². The lowest BCUT2D eigenvalue weighted by Gasteiger charge is -2.11. The third-order valence-electron chi connectivity index (χ3n) is 2.03. The Hall–Kier alpha value is -1.13. The van der Waals surface area contributed by atoms with E-state index in [4.69, 9.17) is 22.1 Å². The van der Waals surface area contributed by atoms with E-state index in [9.17, 15) is 9.18 Å². The molecule has 0 aliphatic carbocycles. The highest BCUT2D eigenvalue weighted by Crippen LogP contribution is 2.31. The van der Waals surface area contributed by atoms with Gasteiger partial charge in [0.15, 0.2) is 11.6 Å². The van der Waals surface area contributed by atoms with E-state index in [0.29, 0.717) is 5.56 Å². The summed E-state index contributed by atoms with van der Waals surface area (Å²) in [6, 6.07) is 1.41. The normalized spacial score (nSPS) is 10.2. The molecule has 0 unspecified atom stereocenters. The van der Waals surface area contributed by atoms with E-state index in [2.05, 4.69) is 0 Å². The molecule has 0 bridgehead atoms. The van der Waals surface area contributed by atoms with Crippen LogP contribution in [0.1, 0.15) is 15.9 Å². The van der Waals surface area contributed by atoms with E-state index in [1.54, 1.807) is 6.92 Å². The maximum absolute atomic E-state index is 13.6. The summed E-state index contributed by atoms with van der Waals surface area (Å²) in [4.78, 5) is 11.4. The molecule has 0 heterocycles. The van der Waals surface area contributed by atoms with Gasteiger partial charge >= 0.3 is 0 Å². The minimum Gasteiger partial charge on any atom is -0.496 e. The molecule has 3 nitrogen and oxygen atoms in total. The highest BCUT2D eigenvalue weighted by molar-refractivity contribution is 6.31. The Balaban J connectivity index is 3.50. The monoisotopic (exact) mass is 231 g/mol. The molecule has 1 aromatic carbocycles. The fourth-order valence-electron chi connectivity index (χ4n) is 1.35. The van der Waals surface area contributed by atoms with Crippen molar-refractivity contribution in [2.75, 3.05) is 13.7 Å². The van der Waals surface area contributed by atoms with E-state index < -0.39 is 11.6 Å². The van der Waals surface area contributed by atoms with Crippen molar-refractivity contribution in [1.82, 2.24) is 0 Å². The standard InChI is InChI=1S/C10H11ClFNO2/c1-5-3-6(11)9(12)8(7(14)4-13)10(5)15-2/h3H,4,13H2,1-2H3. The second kappa shape index (κ2) is 4.59. The van der Waals surface area contributed by atoms with E-state index >= 15 is 0 Å². The predicted octanol–water partition coefficient (Wildman–Crippen LogP) is 1.94. The number of ketones is 1. The van der Waals surface area contributed by atoms with Crippen LogP contribution in [-0.4, -0.2) is 19.4 Å². The van der Waals surface area contributed by atoms with Gasteiger partial charge in [0.05, 0.1) is 24.2 Å². The highest BCUT2D eigenvalue weighted by Gasteiger charge is 2.21. The Bertz CT molecular complexity index is 407. The number of methoxy groups -OCH3 is 1. The zero-order chi connectivity index (χ0) is 11.6. The summed E-state index contributed by atoms with van der Waals surface area (Å²) >= 11 is 5.63. The van der Waals surface area contributed by atoms with Gasteiger partial charge in [0.2, 0.25) is 0 Å². The summed E-state index contributed by atoms with van der Waals surface area (Å²) in [6.07, 6.45) is 0. The van der Waals surface area contributed by atoms with Crippen LogP contribution in [0, 0.1) is 12.7 Å². The summed E-state index contributed by atoms with van der Waals surface area (Å²) in [5, 5.41) is -0.106. The van der Waals surface area contributed by atoms with Gasteiger partial charge in [0, 0.05) is 0 Å². The third-order valence-corrected chi connectivity index (χ3v) is 2.30. The number of halogens is 2. The lowest BCUT2D eigenvalue weighted by atomic mass is 10.0. The maximum Gasteiger partial charge on any atom is 0.183 e. The largest absolute Gasteiger partial charge is 0.496 e. The summed E-state index contributed by atoms with van der Waals surface area (Å²) in [6.45, 7) is 1.39. The van der Waals surface area contributed by atoms with Crippen LogP contribution in [0.5, 0.6) is 5.75 Å². The summed E-state index contributed by atoms with van der Waals surface area (Å²) in [5.41, 5.74) is 5.60.